The second-order valence-electron chi connectivity index (χ2n) is 1.99. The van der Waals surface area contributed by atoms with Crippen LogP contribution in [0.2, 0.25) is 0 Å². The van der Waals surface area contributed by atoms with Crippen molar-refractivity contribution >= 4 is 0 Å². The van der Waals surface area contributed by atoms with Crippen molar-refractivity contribution in [2.75, 3.05) is 19.8 Å². The van der Waals surface area contributed by atoms with E-state index in [0.717, 1.165) is 0 Å². The summed E-state index contributed by atoms with van der Waals surface area (Å²) in [5.74, 6) is -0.358. The van der Waals surface area contributed by atoms with E-state index in [1.54, 1.807) is 0 Å². The highest BCUT2D eigenvalue weighted by Gasteiger charge is 2.40. The standard InChI is InChI=1S/C5H10O3/c1-5(4-8-5)7-3-2-6/h6H,2-4H2,1H3. The lowest BCUT2D eigenvalue weighted by molar-refractivity contribution is -0.0427. The zero-order valence-corrected chi connectivity index (χ0v) is 4.89. The summed E-state index contributed by atoms with van der Waals surface area (Å²) in [6, 6.07) is 0. The highest BCUT2D eigenvalue weighted by molar-refractivity contribution is 4.74. The Morgan fingerprint density at radius 1 is 1.88 bits per heavy atom. The van der Waals surface area contributed by atoms with Crippen molar-refractivity contribution in [3.63, 3.8) is 0 Å². The van der Waals surface area contributed by atoms with Gasteiger partial charge in [0.2, 0.25) is 0 Å². The highest BCUT2D eigenvalue weighted by atomic mass is 16.8. The summed E-state index contributed by atoms with van der Waals surface area (Å²) >= 11 is 0. The summed E-state index contributed by atoms with van der Waals surface area (Å²) in [6.45, 7) is 2.95. The molecule has 0 bridgehead atoms. The van der Waals surface area contributed by atoms with E-state index in [1.165, 1.54) is 0 Å². The van der Waals surface area contributed by atoms with Gasteiger partial charge in [0.25, 0.3) is 0 Å². The minimum atomic E-state index is -0.358. The number of epoxide rings is 1. The van der Waals surface area contributed by atoms with Crippen LogP contribution < -0.4 is 0 Å². The molecule has 1 aliphatic rings. The maximum absolute atomic E-state index is 8.28. The predicted molar refractivity (Wildman–Crippen MR) is 27.4 cm³/mol. The van der Waals surface area contributed by atoms with Crippen LogP contribution in [0, 0.1) is 0 Å². The van der Waals surface area contributed by atoms with Crippen LogP contribution in [0.1, 0.15) is 6.92 Å². The van der Waals surface area contributed by atoms with Gasteiger partial charge in [-0.1, -0.05) is 0 Å². The molecule has 1 rings (SSSR count). The number of hydrogen-bond donors (Lipinski definition) is 1. The molecule has 1 fully saturated rings. The Morgan fingerprint density at radius 3 is 2.88 bits per heavy atom. The van der Waals surface area contributed by atoms with E-state index < -0.39 is 0 Å². The molecule has 0 aromatic carbocycles. The first-order valence-electron chi connectivity index (χ1n) is 2.66. The maximum atomic E-state index is 8.28. The first kappa shape index (κ1) is 6.01. The predicted octanol–water partition coefficient (Wildman–Crippen LogP) is -0.258. The highest BCUT2D eigenvalue weighted by Crippen LogP contribution is 2.26. The number of rotatable bonds is 3. The van der Waals surface area contributed by atoms with Gasteiger partial charge in [-0.3, -0.25) is 0 Å². The number of hydrogen-bond acceptors (Lipinski definition) is 3. The molecule has 1 atom stereocenters. The number of aliphatic hydroxyl groups is 1. The van der Waals surface area contributed by atoms with Gasteiger partial charge in [-0.25, -0.2) is 0 Å². The Bertz CT molecular complexity index is 77.7. The lowest BCUT2D eigenvalue weighted by Gasteiger charge is -2.03. The Hall–Kier alpha value is -0.120. The van der Waals surface area contributed by atoms with E-state index in [4.69, 9.17) is 14.6 Å². The van der Waals surface area contributed by atoms with E-state index in [0.29, 0.717) is 13.2 Å². The van der Waals surface area contributed by atoms with Crippen molar-refractivity contribution < 1.29 is 14.6 Å². The van der Waals surface area contributed by atoms with Gasteiger partial charge in [-0.05, 0) is 6.92 Å². The zero-order valence-electron chi connectivity index (χ0n) is 4.89. The van der Waals surface area contributed by atoms with E-state index in [2.05, 4.69) is 0 Å². The molecule has 0 amide bonds. The SMILES string of the molecule is CC1(OCCO)CO1. The van der Waals surface area contributed by atoms with Crippen LogP contribution in [-0.4, -0.2) is 30.7 Å². The van der Waals surface area contributed by atoms with Gasteiger partial charge in [0.05, 0.1) is 13.2 Å². The van der Waals surface area contributed by atoms with Crippen LogP contribution in [0.5, 0.6) is 0 Å². The lowest BCUT2D eigenvalue weighted by atomic mass is 10.5. The summed E-state index contributed by atoms with van der Waals surface area (Å²) in [5.41, 5.74) is 0. The van der Waals surface area contributed by atoms with E-state index in [-0.39, 0.29) is 12.4 Å². The van der Waals surface area contributed by atoms with Crippen molar-refractivity contribution in [1.82, 2.24) is 0 Å². The molecule has 3 heteroatoms. The fourth-order valence-corrected chi connectivity index (χ4v) is 0.447. The molecule has 8 heavy (non-hydrogen) atoms. The molecular weight excluding hydrogens is 108 g/mol. The lowest BCUT2D eigenvalue weighted by Crippen LogP contribution is -2.13. The quantitative estimate of drug-likeness (QED) is 0.519. The van der Waals surface area contributed by atoms with Crippen LogP contribution >= 0.6 is 0 Å². The van der Waals surface area contributed by atoms with E-state index in [9.17, 15) is 0 Å². The number of ether oxygens (including phenoxy) is 2. The monoisotopic (exact) mass is 118 g/mol. The molecule has 0 saturated carbocycles. The Labute approximate surface area is 48.2 Å². The molecule has 0 aromatic rings. The normalized spacial score (nSPS) is 35.2. The molecule has 3 nitrogen and oxygen atoms in total. The third-order valence-electron chi connectivity index (χ3n) is 1.05. The Kier molecular flexibility index (Phi) is 1.51. The fraction of sp³-hybridized carbons (Fsp3) is 1.00. The van der Waals surface area contributed by atoms with Gasteiger partial charge in [0.15, 0.2) is 5.79 Å². The molecule has 0 aliphatic carbocycles. The summed E-state index contributed by atoms with van der Waals surface area (Å²) in [7, 11) is 0. The van der Waals surface area contributed by atoms with Gasteiger partial charge < -0.3 is 14.6 Å². The van der Waals surface area contributed by atoms with Crippen molar-refractivity contribution in [1.29, 1.82) is 0 Å². The molecule has 0 spiro atoms. The second-order valence-corrected chi connectivity index (χ2v) is 1.99. The summed E-state index contributed by atoms with van der Waals surface area (Å²) < 4.78 is 9.88. The van der Waals surface area contributed by atoms with Gasteiger partial charge in [-0.2, -0.15) is 0 Å². The molecular formula is C5H10O3. The molecule has 1 unspecified atom stereocenters. The van der Waals surface area contributed by atoms with Gasteiger partial charge in [0, 0.05) is 0 Å². The first-order valence-corrected chi connectivity index (χ1v) is 2.66. The van der Waals surface area contributed by atoms with Gasteiger partial charge in [0.1, 0.15) is 6.61 Å². The van der Waals surface area contributed by atoms with Gasteiger partial charge in [-0.15, -0.1) is 0 Å². The van der Waals surface area contributed by atoms with Crippen LogP contribution in [0.25, 0.3) is 0 Å². The minimum Gasteiger partial charge on any atom is -0.394 e. The topological polar surface area (TPSA) is 42.0 Å². The summed E-state index contributed by atoms with van der Waals surface area (Å²) in [6.07, 6.45) is 0. The Balaban J connectivity index is 2.01. The average Bonchev–Trinajstić information content (AvgIpc) is 2.45. The molecule has 1 aliphatic heterocycles. The molecule has 1 heterocycles. The third kappa shape index (κ3) is 1.43. The summed E-state index contributed by atoms with van der Waals surface area (Å²) in [5, 5.41) is 8.28. The van der Waals surface area contributed by atoms with Crippen LogP contribution in [-0.2, 0) is 9.47 Å². The van der Waals surface area contributed by atoms with Gasteiger partial charge >= 0.3 is 0 Å². The van der Waals surface area contributed by atoms with Crippen molar-refractivity contribution in [3.8, 4) is 0 Å². The largest absolute Gasteiger partial charge is 0.394 e. The second kappa shape index (κ2) is 2.01. The molecule has 48 valence electrons. The van der Waals surface area contributed by atoms with Crippen LogP contribution in [0.3, 0.4) is 0 Å². The fourth-order valence-electron chi connectivity index (χ4n) is 0.447. The van der Waals surface area contributed by atoms with E-state index in [1.807, 2.05) is 6.92 Å². The van der Waals surface area contributed by atoms with Crippen molar-refractivity contribution in [2.45, 2.75) is 12.7 Å². The molecule has 0 aromatic heterocycles. The van der Waals surface area contributed by atoms with Crippen LogP contribution in [0.15, 0.2) is 0 Å². The molecule has 0 radical (unpaired) electrons. The summed E-state index contributed by atoms with van der Waals surface area (Å²) in [4.78, 5) is 0. The molecule has 1 saturated heterocycles. The molecule has 1 N–H and O–H groups in total. The average molecular weight is 118 g/mol. The third-order valence-corrected chi connectivity index (χ3v) is 1.05. The van der Waals surface area contributed by atoms with Crippen molar-refractivity contribution in [2.24, 2.45) is 0 Å². The van der Waals surface area contributed by atoms with E-state index >= 15 is 0 Å². The van der Waals surface area contributed by atoms with Crippen molar-refractivity contribution in [3.05, 3.63) is 0 Å². The smallest absolute Gasteiger partial charge is 0.189 e. The first-order chi connectivity index (χ1) is 3.77. The zero-order chi connectivity index (χ0) is 6.04. The minimum absolute atomic E-state index is 0.0684. The Morgan fingerprint density at radius 2 is 2.50 bits per heavy atom. The van der Waals surface area contributed by atoms with Crippen LogP contribution in [0.4, 0.5) is 0 Å². The maximum Gasteiger partial charge on any atom is 0.189 e. The number of aliphatic hydroxyl groups excluding tert-OH is 1.